The Morgan fingerprint density at radius 1 is 1.50 bits per heavy atom. The second-order valence-corrected chi connectivity index (χ2v) is 4.47. The van der Waals surface area contributed by atoms with E-state index in [1.165, 1.54) is 19.3 Å². The largest absolute Gasteiger partial charge is 0.365 e. The van der Waals surface area contributed by atoms with Crippen LogP contribution in [0.15, 0.2) is 24.7 Å². The summed E-state index contributed by atoms with van der Waals surface area (Å²) in [5.74, 6) is 1.80. The summed E-state index contributed by atoms with van der Waals surface area (Å²) >= 11 is 0. The summed E-state index contributed by atoms with van der Waals surface area (Å²) in [6.07, 6.45) is 9.34. The van der Waals surface area contributed by atoms with Gasteiger partial charge in [0.15, 0.2) is 5.82 Å². The molecule has 3 rings (SSSR count). The first-order chi connectivity index (χ1) is 7.88. The molecular weight excluding hydrogens is 200 g/mol. The monoisotopic (exact) mass is 216 g/mol. The average Bonchev–Trinajstić information content (AvgIpc) is 2.83. The van der Waals surface area contributed by atoms with Crippen molar-refractivity contribution in [3.05, 3.63) is 24.7 Å². The Morgan fingerprint density at radius 3 is 3.31 bits per heavy atom. The lowest BCUT2D eigenvalue weighted by Gasteiger charge is -2.05. The second kappa shape index (κ2) is 3.77. The molecule has 4 nitrogen and oxygen atoms in total. The van der Waals surface area contributed by atoms with E-state index in [9.17, 15) is 0 Å². The van der Waals surface area contributed by atoms with E-state index in [0.717, 1.165) is 17.3 Å². The van der Waals surface area contributed by atoms with Crippen LogP contribution in [0, 0.1) is 5.92 Å². The molecule has 0 amide bonds. The fourth-order valence-corrected chi connectivity index (χ4v) is 2.26. The topological polar surface area (TPSA) is 42.2 Å². The molecule has 2 unspecified atom stereocenters. The fraction of sp³-hybridized carbons (Fsp3) is 0.500. The van der Waals surface area contributed by atoms with Gasteiger partial charge in [0.1, 0.15) is 5.52 Å². The number of fused-ring (bicyclic) bond motifs is 1. The van der Waals surface area contributed by atoms with Crippen LogP contribution in [-0.4, -0.2) is 20.6 Å². The number of aromatic nitrogens is 3. The summed E-state index contributed by atoms with van der Waals surface area (Å²) in [7, 11) is 0. The zero-order chi connectivity index (χ0) is 11.0. The molecule has 2 heterocycles. The third-order valence-corrected chi connectivity index (χ3v) is 3.23. The molecule has 0 spiro atoms. The third kappa shape index (κ3) is 1.64. The highest BCUT2D eigenvalue weighted by atomic mass is 15.2. The maximum atomic E-state index is 4.38. The first kappa shape index (κ1) is 9.63. The minimum atomic E-state index is 0.619. The van der Waals surface area contributed by atoms with Gasteiger partial charge in [0, 0.05) is 18.4 Å². The number of anilines is 1. The number of rotatable bonds is 4. The van der Waals surface area contributed by atoms with E-state index in [1.807, 2.05) is 16.8 Å². The Labute approximate surface area is 94.7 Å². The van der Waals surface area contributed by atoms with Crippen LogP contribution in [0.2, 0.25) is 0 Å². The number of nitrogens with zero attached hydrogens (tertiary/aromatic N) is 3. The zero-order valence-corrected chi connectivity index (χ0v) is 9.43. The molecule has 2 aromatic rings. The summed E-state index contributed by atoms with van der Waals surface area (Å²) in [5, 5.41) is 7.71. The summed E-state index contributed by atoms with van der Waals surface area (Å²) in [5.41, 5.74) is 1.06. The molecule has 1 aliphatic rings. The highest BCUT2D eigenvalue weighted by Gasteiger charge is 2.36. The Bertz CT molecular complexity index is 490. The Kier molecular flexibility index (Phi) is 2.27. The van der Waals surface area contributed by atoms with E-state index in [0.29, 0.717) is 6.04 Å². The zero-order valence-electron chi connectivity index (χ0n) is 9.43. The summed E-state index contributed by atoms with van der Waals surface area (Å²) in [4.78, 5) is 4.38. The molecule has 1 N–H and O–H groups in total. The van der Waals surface area contributed by atoms with Gasteiger partial charge in [-0.2, -0.15) is 5.10 Å². The molecule has 1 aliphatic carbocycles. The molecule has 0 saturated heterocycles. The van der Waals surface area contributed by atoms with Crippen LogP contribution < -0.4 is 5.32 Å². The molecule has 2 atom stereocenters. The molecule has 0 radical (unpaired) electrons. The molecule has 0 aromatic carbocycles. The SMILES string of the molecule is CCCC1CC1Nc1nccn2nccc12. The summed E-state index contributed by atoms with van der Waals surface area (Å²) in [6.45, 7) is 2.24. The van der Waals surface area contributed by atoms with Crippen LogP contribution in [-0.2, 0) is 0 Å². The quantitative estimate of drug-likeness (QED) is 0.853. The normalized spacial score (nSPS) is 23.6. The van der Waals surface area contributed by atoms with Crippen molar-refractivity contribution in [1.29, 1.82) is 0 Å². The van der Waals surface area contributed by atoms with Crippen LogP contribution in [0.25, 0.3) is 5.52 Å². The van der Waals surface area contributed by atoms with Crippen molar-refractivity contribution in [3.63, 3.8) is 0 Å². The fourth-order valence-electron chi connectivity index (χ4n) is 2.26. The van der Waals surface area contributed by atoms with E-state index in [4.69, 9.17) is 0 Å². The van der Waals surface area contributed by atoms with Crippen molar-refractivity contribution < 1.29 is 0 Å². The second-order valence-electron chi connectivity index (χ2n) is 4.47. The predicted octanol–water partition coefficient (Wildman–Crippen LogP) is 2.33. The predicted molar refractivity (Wildman–Crippen MR) is 63.4 cm³/mol. The van der Waals surface area contributed by atoms with Crippen molar-refractivity contribution >= 4 is 11.3 Å². The lowest BCUT2D eigenvalue weighted by molar-refractivity contribution is 0.692. The molecule has 84 valence electrons. The van der Waals surface area contributed by atoms with E-state index in [-0.39, 0.29) is 0 Å². The first-order valence-corrected chi connectivity index (χ1v) is 5.93. The molecule has 16 heavy (non-hydrogen) atoms. The van der Waals surface area contributed by atoms with Crippen molar-refractivity contribution in [2.45, 2.75) is 32.2 Å². The van der Waals surface area contributed by atoms with Crippen molar-refractivity contribution in [2.24, 2.45) is 5.92 Å². The first-order valence-electron chi connectivity index (χ1n) is 5.93. The van der Waals surface area contributed by atoms with E-state index < -0.39 is 0 Å². The lowest BCUT2D eigenvalue weighted by Crippen LogP contribution is -2.07. The highest BCUT2D eigenvalue weighted by molar-refractivity contribution is 5.67. The van der Waals surface area contributed by atoms with Crippen molar-refractivity contribution in [2.75, 3.05) is 5.32 Å². The minimum Gasteiger partial charge on any atom is -0.365 e. The van der Waals surface area contributed by atoms with Gasteiger partial charge in [-0.3, -0.25) is 0 Å². The van der Waals surface area contributed by atoms with Crippen LogP contribution >= 0.6 is 0 Å². The Balaban J connectivity index is 1.77. The van der Waals surface area contributed by atoms with Crippen molar-refractivity contribution in [1.82, 2.24) is 14.6 Å². The molecule has 4 heteroatoms. The highest BCUT2D eigenvalue weighted by Crippen LogP contribution is 2.37. The summed E-state index contributed by atoms with van der Waals surface area (Å²) in [6, 6.07) is 2.61. The maximum Gasteiger partial charge on any atom is 0.152 e. The van der Waals surface area contributed by atoms with Crippen LogP contribution in [0.4, 0.5) is 5.82 Å². The average molecular weight is 216 g/mol. The molecule has 0 bridgehead atoms. The van der Waals surface area contributed by atoms with Gasteiger partial charge in [-0.15, -0.1) is 0 Å². The Morgan fingerprint density at radius 2 is 2.44 bits per heavy atom. The van der Waals surface area contributed by atoms with Gasteiger partial charge >= 0.3 is 0 Å². The molecule has 0 aliphatic heterocycles. The van der Waals surface area contributed by atoms with Crippen LogP contribution in [0.5, 0.6) is 0 Å². The van der Waals surface area contributed by atoms with Crippen LogP contribution in [0.3, 0.4) is 0 Å². The van der Waals surface area contributed by atoms with Gasteiger partial charge in [0.2, 0.25) is 0 Å². The van der Waals surface area contributed by atoms with Crippen molar-refractivity contribution in [3.8, 4) is 0 Å². The maximum absolute atomic E-state index is 4.38. The van der Waals surface area contributed by atoms with Gasteiger partial charge < -0.3 is 5.32 Å². The van der Waals surface area contributed by atoms with Gasteiger partial charge in [0.25, 0.3) is 0 Å². The molecule has 1 saturated carbocycles. The Hall–Kier alpha value is -1.58. The van der Waals surface area contributed by atoms with Gasteiger partial charge in [-0.05, 0) is 24.8 Å². The standard InChI is InChI=1S/C12H16N4/c1-2-3-9-8-10(9)15-12-11-4-5-14-16(11)7-6-13-12/h4-7,9-10H,2-3,8H2,1H3,(H,13,15). The molecule has 1 fully saturated rings. The number of hydrogen-bond donors (Lipinski definition) is 1. The molecule has 2 aromatic heterocycles. The van der Waals surface area contributed by atoms with Crippen LogP contribution in [0.1, 0.15) is 26.2 Å². The minimum absolute atomic E-state index is 0.619. The third-order valence-electron chi connectivity index (χ3n) is 3.23. The number of nitrogens with one attached hydrogen (secondary N) is 1. The smallest absolute Gasteiger partial charge is 0.152 e. The van der Waals surface area contributed by atoms with E-state index >= 15 is 0 Å². The molecular formula is C12H16N4. The number of hydrogen-bond acceptors (Lipinski definition) is 3. The van der Waals surface area contributed by atoms with E-state index in [1.54, 1.807) is 12.4 Å². The lowest BCUT2D eigenvalue weighted by atomic mass is 10.2. The van der Waals surface area contributed by atoms with Gasteiger partial charge in [-0.1, -0.05) is 13.3 Å². The van der Waals surface area contributed by atoms with Gasteiger partial charge in [0.05, 0.1) is 6.20 Å². The summed E-state index contributed by atoms with van der Waals surface area (Å²) < 4.78 is 1.85. The van der Waals surface area contributed by atoms with Gasteiger partial charge in [-0.25, -0.2) is 9.50 Å². The van der Waals surface area contributed by atoms with E-state index in [2.05, 4.69) is 22.3 Å².